The fraction of sp³-hybridized carbons (Fsp3) is 0.600. The van der Waals surface area contributed by atoms with Gasteiger partial charge in [-0.25, -0.2) is 9.78 Å². The first kappa shape index (κ1) is 19.3. The molecule has 4 bridgehead atoms. The van der Waals surface area contributed by atoms with Gasteiger partial charge in [0.2, 0.25) is 0 Å². The predicted octanol–water partition coefficient (Wildman–Crippen LogP) is 6.44. The van der Waals surface area contributed by atoms with Crippen molar-refractivity contribution in [1.82, 2.24) is 4.98 Å². The highest BCUT2D eigenvalue weighted by atomic mass is 32.1. The van der Waals surface area contributed by atoms with Gasteiger partial charge in [0.25, 0.3) is 0 Å². The summed E-state index contributed by atoms with van der Waals surface area (Å²) in [6.07, 6.45) is 10.8. The molecule has 4 aliphatic rings. The molecule has 4 heteroatoms. The van der Waals surface area contributed by atoms with Crippen LogP contribution >= 0.6 is 11.3 Å². The summed E-state index contributed by atoms with van der Waals surface area (Å²) < 4.78 is 5.34. The molecule has 4 aliphatic carbocycles. The minimum Gasteiger partial charge on any atom is -0.461 e. The second-order valence-electron chi connectivity index (χ2n) is 9.79. The SMILES string of the molecule is CCOC(=O)c1nc(-c2ccc(C)cc2)sc1CCC12CC3CC(CC(C3)C1)C2. The maximum Gasteiger partial charge on any atom is 0.358 e. The molecule has 0 unspecified atom stereocenters. The number of hydrogen-bond acceptors (Lipinski definition) is 4. The van der Waals surface area contributed by atoms with Crippen molar-refractivity contribution in [1.29, 1.82) is 0 Å². The van der Waals surface area contributed by atoms with E-state index >= 15 is 0 Å². The molecule has 4 fully saturated rings. The Hall–Kier alpha value is -1.68. The van der Waals surface area contributed by atoms with Gasteiger partial charge in [0.05, 0.1) is 6.61 Å². The minimum atomic E-state index is -0.261. The van der Waals surface area contributed by atoms with E-state index in [1.807, 2.05) is 6.92 Å². The Bertz CT molecular complexity index is 863. The summed E-state index contributed by atoms with van der Waals surface area (Å²) in [4.78, 5) is 18.5. The third-order valence-electron chi connectivity index (χ3n) is 7.51. The molecule has 0 amide bonds. The topological polar surface area (TPSA) is 39.2 Å². The highest BCUT2D eigenvalue weighted by Crippen LogP contribution is 2.61. The molecule has 3 nitrogen and oxygen atoms in total. The molecule has 1 aromatic carbocycles. The number of carbonyl (C=O) groups excluding carboxylic acids is 1. The van der Waals surface area contributed by atoms with Gasteiger partial charge in [-0.1, -0.05) is 29.8 Å². The highest BCUT2D eigenvalue weighted by molar-refractivity contribution is 7.15. The average molecular weight is 410 g/mol. The number of rotatable bonds is 6. The van der Waals surface area contributed by atoms with Gasteiger partial charge in [-0.2, -0.15) is 0 Å². The molecule has 1 aromatic heterocycles. The number of ether oxygens (including phenoxy) is 1. The first-order valence-corrected chi connectivity index (χ1v) is 12.1. The molecule has 0 saturated heterocycles. The molecule has 0 radical (unpaired) electrons. The molecule has 0 atom stereocenters. The Labute approximate surface area is 177 Å². The normalized spacial score (nSPS) is 29.9. The molecule has 29 heavy (non-hydrogen) atoms. The van der Waals surface area contributed by atoms with Crippen LogP contribution in [0.5, 0.6) is 0 Å². The largest absolute Gasteiger partial charge is 0.461 e. The second kappa shape index (κ2) is 7.54. The van der Waals surface area contributed by atoms with Crippen molar-refractivity contribution in [2.45, 2.75) is 65.2 Å². The zero-order valence-corrected chi connectivity index (χ0v) is 18.4. The predicted molar refractivity (Wildman–Crippen MR) is 117 cm³/mol. The van der Waals surface area contributed by atoms with Crippen molar-refractivity contribution in [2.24, 2.45) is 23.2 Å². The Balaban J connectivity index is 1.39. The summed E-state index contributed by atoms with van der Waals surface area (Å²) >= 11 is 1.69. The van der Waals surface area contributed by atoms with E-state index in [0.717, 1.165) is 39.6 Å². The van der Waals surface area contributed by atoms with E-state index in [1.165, 1.54) is 50.5 Å². The van der Waals surface area contributed by atoms with Crippen molar-refractivity contribution in [3.63, 3.8) is 0 Å². The first-order valence-electron chi connectivity index (χ1n) is 11.3. The summed E-state index contributed by atoms with van der Waals surface area (Å²) in [6, 6.07) is 8.42. The van der Waals surface area contributed by atoms with E-state index in [2.05, 4.69) is 31.2 Å². The van der Waals surface area contributed by atoms with Gasteiger partial charge in [-0.05, 0) is 88.4 Å². The van der Waals surface area contributed by atoms with Gasteiger partial charge in [0.1, 0.15) is 5.01 Å². The van der Waals surface area contributed by atoms with Crippen LogP contribution in [0.3, 0.4) is 0 Å². The number of esters is 1. The maximum absolute atomic E-state index is 12.6. The molecule has 6 rings (SSSR count). The van der Waals surface area contributed by atoms with E-state index < -0.39 is 0 Å². The lowest BCUT2D eigenvalue weighted by atomic mass is 9.48. The highest BCUT2D eigenvalue weighted by Gasteiger charge is 2.50. The van der Waals surface area contributed by atoms with Crippen molar-refractivity contribution in [2.75, 3.05) is 6.61 Å². The number of aromatic nitrogens is 1. The molecule has 4 saturated carbocycles. The third kappa shape index (κ3) is 3.76. The summed E-state index contributed by atoms with van der Waals surface area (Å²) in [5.74, 6) is 2.64. The fourth-order valence-electron chi connectivity index (χ4n) is 6.67. The second-order valence-corrected chi connectivity index (χ2v) is 10.9. The van der Waals surface area contributed by atoms with Crippen LogP contribution in [0.25, 0.3) is 10.6 Å². The molecule has 2 aromatic rings. The van der Waals surface area contributed by atoms with E-state index in [-0.39, 0.29) is 5.97 Å². The number of benzene rings is 1. The zero-order chi connectivity index (χ0) is 20.0. The summed E-state index contributed by atoms with van der Waals surface area (Å²) in [5, 5.41) is 0.938. The zero-order valence-electron chi connectivity index (χ0n) is 17.6. The smallest absolute Gasteiger partial charge is 0.358 e. The quantitative estimate of drug-likeness (QED) is 0.515. The first-order chi connectivity index (χ1) is 14.0. The number of carbonyl (C=O) groups is 1. The Morgan fingerprint density at radius 1 is 1.10 bits per heavy atom. The van der Waals surface area contributed by atoms with Crippen molar-refractivity contribution in [3.8, 4) is 10.6 Å². The standard InChI is InChI=1S/C25H31NO2S/c1-3-28-24(27)22-21(29-23(26-22)20-6-4-16(2)5-7-20)8-9-25-13-17-10-18(14-25)12-19(11-17)15-25/h4-7,17-19H,3,8-15H2,1-2H3. The van der Waals surface area contributed by atoms with Gasteiger partial charge in [0.15, 0.2) is 5.69 Å². The number of nitrogens with zero attached hydrogens (tertiary/aromatic N) is 1. The Morgan fingerprint density at radius 2 is 1.72 bits per heavy atom. The molecular formula is C25H31NO2S. The van der Waals surface area contributed by atoms with Gasteiger partial charge in [0, 0.05) is 10.4 Å². The summed E-state index contributed by atoms with van der Waals surface area (Å²) in [5.41, 5.74) is 3.40. The summed E-state index contributed by atoms with van der Waals surface area (Å²) in [6.45, 7) is 4.34. The van der Waals surface area contributed by atoms with Crippen LogP contribution < -0.4 is 0 Å². The Morgan fingerprint density at radius 3 is 2.31 bits per heavy atom. The van der Waals surface area contributed by atoms with Gasteiger partial charge >= 0.3 is 5.97 Å². The van der Waals surface area contributed by atoms with Crippen LogP contribution in [0.2, 0.25) is 0 Å². The number of aryl methyl sites for hydroxylation is 2. The van der Waals surface area contributed by atoms with Crippen LogP contribution in [-0.4, -0.2) is 17.6 Å². The molecule has 1 heterocycles. The fourth-order valence-corrected chi connectivity index (χ4v) is 7.73. The lowest BCUT2D eigenvalue weighted by molar-refractivity contribution is -0.0569. The van der Waals surface area contributed by atoms with Crippen LogP contribution in [-0.2, 0) is 11.2 Å². The van der Waals surface area contributed by atoms with E-state index in [0.29, 0.717) is 17.7 Å². The lowest BCUT2D eigenvalue weighted by Crippen LogP contribution is -2.46. The molecule has 0 N–H and O–H groups in total. The van der Waals surface area contributed by atoms with E-state index in [9.17, 15) is 4.79 Å². The van der Waals surface area contributed by atoms with E-state index in [4.69, 9.17) is 9.72 Å². The third-order valence-corrected chi connectivity index (χ3v) is 8.68. The molecule has 0 aliphatic heterocycles. The summed E-state index contributed by atoms with van der Waals surface area (Å²) in [7, 11) is 0. The number of hydrogen-bond donors (Lipinski definition) is 0. The molecule has 154 valence electrons. The monoisotopic (exact) mass is 409 g/mol. The van der Waals surface area contributed by atoms with Gasteiger partial charge in [-0.15, -0.1) is 11.3 Å². The van der Waals surface area contributed by atoms with Gasteiger partial charge < -0.3 is 4.74 Å². The Kier molecular flexibility index (Phi) is 5.01. The lowest BCUT2D eigenvalue weighted by Gasteiger charge is -2.57. The van der Waals surface area contributed by atoms with E-state index in [1.54, 1.807) is 11.3 Å². The van der Waals surface area contributed by atoms with Crippen LogP contribution in [0.15, 0.2) is 24.3 Å². The maximum atomic E-state index is 12.6. The average Bonchev–Trinajstić information content (AvgIpc) is 3.11. The van der Waals surface area contributed by atoms with Crippen molar-refractivity contribution in [3.05, 3.63) is 40.4 Å². The van der Waals surface area contributed by atoms with Crippen molar-refractivity contribution < 1.29 is 9.53 Å². The van der Waals surface area contributed by atoms with Crippen LogP contribution in [0.1, 0.15) is 72.8 Å². The molecular weight excluding hydrogens is 378 g/mol. The molecule has 0 spiro atoms. The van der Waals surface area contributed by atoms with Crippen LogP contribution in [0.4, 0.5) is 0 Å². The van der Waals surface area contributed by atoms with Crippen LogP contribution in [0, 0.1) is 30.1 Å². The minimum absolute atomic E-state index is 0.261. The number of thiazole rings is 1. The van der Waals surface area contributed by atoms with Crippen molar-refractivity contribution >= 4 is 17.3 Å². The van der Waals surface area contributed by atoms with Gasteiger partial charge in [-0.3, -0.25) is 0 Å².